The van der Waals surface area contributed by atoms with E-state index in [0.717, 1.165) is 63.5 Å². The van der Waals surface area contributed by atoms with Crippen LogP contribution in [0.25, 0.3) is 0 Å². The van der Waals surface area contributed by atoms with Gasteiger partial charge in [-0.15, -0.1) is 0 Å². The van der Waals surface area contributed by atoms with Gasteiger partial charge in [0.2, 0.25) is 0 Å². The number of nitrogens with zero attached hydrogens (tertiary/aromatic N) is 1. The maximum atomic E-state index is 12.5. The molecule has 0 aliphatic carbocycles. The summed E-state index contributed by atoms with van der Waals surface area (Å²) in [7, 11) is 0. The highest BCUT2D eigenvalue weighted by atomic mass is 16.5. The highest BCUT2D eigenvalue weighted by Gasteiger charge is 2.14. The SMILES string of the molecule is CCCCCCCC/C=C\CCCCCCCC(=O)OCCN(CCCNC(=O)c1cc(O)c(O)c(O)c1)CCOC(=O)CCCCCCC/C=C\CCCCCCCC. The number of ether oxygens (including phenoxy) is 2. The van der Waals surface area contributed by atoms with Crippen molar-refractivity contribution in [3.63, 3.8) is 0 Å². The highest BCUT2D eigenvalue weighted by Crippen LogP contribution is 2.35. The Morgan fingerprint density at radius 3 is 1.28 bits per heavy atom. The van der Waals surface area contributed by atoms with Crippen LogP contribution in [-0.4, -0.2) is 77.5 Å². The van der Waals surface area contributed by atoms with Gasteiger partial charge in [-0.25, -0.2) is 0 Å². The topological polar surface area (TPSA) is 146 Å². The second-order valence-electron chi connectivity index (χ2n) is 16.4. The standard InChI is InChI=1S/C50H86N2O8/c1-3-5-7-9-11-13-15-17-19-21-23-25-27-29-31-34-47(55)59-40-38-52(37-33-36-51-50(58)44-42-45(53)49(57)46(54)43-44)39-41-60-48(56)35-32-30-28-26-24-22-20-18-16-14-12-10-8-6-4-2/h17-20,42-43,53-54,57H,3-16,21-41H2,1-2H3,(H,51,58)/b19-17-,20-18-. The molecule has 1 rings (SSSR count). The van der Waals surface area contributed by atoms with Gasteiger partial charge in [0.1, 0.15) is 13.2 Å². The van der Waals surface area contributed by atoms with Crippen LogP contribution in [-0.2, 0) is 19.1 Å². The molecule has 0 radical (unpaired) electrons. The van der Waals surface area contributed by atoms with Crippen LogP contribution in [0.4, 0.5) is 0 Å². The number of carbonyl (C=O) groups is 3. The van der Waals surface area contributed by atoms with Gasteiger partial charge in [0.05, 0.1) is 0 Å². The van der Waals surface area contributed by atoms with Crippen molar-refractivity contribution in [3.05, 3.63) is 42.0 Å². The number of allylic oxidation sites excluding steroid dienone is 4. The largest absolute Gasteiger partial charge is 0.504 e. The number of carbonyl (C=O) groups excluding carboxylic acids is 3. The molecule has 344 valence electrons. The second kappa shape index (κ2) is 39.6. The fourth-order valence-corrected chi connectivity index (χ4v) is 7.08. The van der Waals surface area contributed by atoms with Gasteiger partial charge in [0.25, 0.3) is 5.91 Å². The quantitative estimate of drug-likeness (QED) is 0.0219. The lowest BCUT2D eigenvalue weighted by Crippen LogP contribution is -2.35. The zero-order chi connectivity index (χ0) is 43.7. The van der Waals surface area contributed by atoms with Crippen LogP contribution in [0.3, 0.4) is 0 Å². The predicted octanol–water partition coefficient (Wildman–Crippen LogP) is 12.4. The lowest BCUT2D eigenvalue weighted by Gasteiger charge is -2.22. The predicted molar refractivity (Wildman–Crippen MR) is 246 cm³/mol. The van der Waals surface area contributed by atoms with E-state index in [2.05, 4.69) is 48.4 Å². The zero-order valence-corrected chi connectivity index (χ0v) is 38.0. The van der Waals surface area contributed by atoms with E-state index >= 15 is 0 Å². The Morgan fingerprint density at radius 2 is 0.883 bits per heavy atom. The van der Waals surface area contributed by atoms with Gasteiger partial charge in [-0.3, -0.25) is 19.3 Å². The van der Waals surface area contributed by atoms with Gasteiger partial charge in [-0.05, 0) is 82.8 Å². The Balaban J connectivity index is 2.31. The number of amides is 1. The Bertz CT molecular complexity index is 1200. The summed E-state index contributed by atoms with van der Waals surface area (Å²) in [6.07, 6.45) is 42.0. The van der Waals surface area contributed by atoms with Crippen molar-refractivity contribution in [2.45, 2.75) is 200 Å². The molecule has 0 atom stereocenters. The lowest BCUT2D eigenvalue weighted by atomic mass is 10.1. The number of phenolic OH excluding ortho intramolecular Hbond substituents is 3. The van der Waals surface area contributed by atoms with Crippen molar-refractivity contribution in [1.82, 2.24) is 10.2 Å². The minimum Gasteiger partial charge on any atom is -0.504 e. The van der Waals surface area contributed by atoms with E-state index in [1.807, 2.05) is 0 Å². The number of aromatic hydroxyl groups is 3. The number of nitrogens with one attached hydrogen (secondary N) is 1. The van der Waals surface area contributed by atoms with Crippen LogP contribution in [0.5, 0.6) is 17.2 Å². The van der Waals surface area contributed by atoms with E-state index in [1.165, 1.54) is 116 Å². The molecule has 0 aliphatic rings. The van der Waals surface area contributed by atoms with E-state index < -0.39 is 23.2 Å². The van der Waals surface area contributed by atoms with Crippen LogP contribution >= 0.6 is 0 Å². The number of hydrogen-bond donors (Lipinski definition) is 4. The molecule has 0 aliphatic heterocycles. The van der Waals surface area contributed by atoms with Gasteiger partial charge in [0.15, 0.2) is 17.2 Å². The number of unbranched alkanes of at least 4 members (excludes halogenated alkanes) is 22. The monoisotopic (exact) mass is 843 g/mol. The van der Waals surface area contributed by atoms with Crippen LogP contribution in [0.15, 0.2) is 36.4 Å². The molecule has 10 nitrogen and oxygen atoms in total. The normalized spacial score (nSPS) is 11.6. The van der Waals surface area contributed by atoms with Crippen LogP contribution in [0, 0.1) is 0 Å². The van der Waals surface area contributed by atoms with E-state index in [1.54, 1.807) is 0 Å². The van der Waals surface area contributed by atoms with Crippen molar-refractivity contribution < 1.29 is 39.2 Å². The minimum atomic E-state index is -0.677. The molecular weight excluding hydrogens is 757 g/mol. The number of phenols is 3. The summed E-state index contributed by atoms with van der Waals surface area (Å²) in [4.78, 5) is 39.5. The molecule has 0 saturated heterocycles. The van der Waals surface area contributed by atoms with Gasteiger partial charge < -0.3 is 30.1 Å². The molecule has 1 amide bonds. The van der Waals surface area contributed by atoms with E-state index in [-0.39, 0.29) is 30.7 Å². The van der Waals surface area contributed by atoms with Crippen LogP contribution in [0.1, 0.15) is 210 Å². The average molecular weight is 843 g/mol. The summed E-state index contributed by atoms with van der Waals surface area (Å²) in [5, 5.41) is 31.8. The molecule has 0 saturated carbocycles. The molecule has 0 spiro atoms. The lowest BCUT2D eigenvalue weighted by molar-refractivity contribution is -0.144. The van der Waals surface area contributed by atoms with Crippen molar-refractivity contribution in [3.8, 4) is 17.2 Å². The number of rotatable bonds is 41. The summed E-state index contributed by atoms with van der Waals surface area (Å²) in [5.74, 6) is -2.74. The first-order valence-electron chi connectivity index (χ1n) is 24.1. The molecule has 4 N–H and O–H groups in total. The molecule has 0 aromatic heterocycles. The molecule has 0 bridgehead atoms. The maximum Gasteiger partial charge on any atom is 0.305 e. The zero-order valence-electron chi connectivity index (χ0n) is 38.0. The molecule has 1 aromatic rings. The van der Waals surface area contributed by atoms with E-state index in [0.29, 0.717) is 45.4 Å². The fraction of sp³-hybridized carbons (Fsp3) is 0.740. The second-order valence-corrected chi connectivity index (χ2v) is 16.4. The fourth-order valence-electron chi connectivity index (χ4n) is 7.08. The van der Waals surface area contributed by atoms with Gasteiger partial charge in [0, 0.05) is 44.6 Å². The van der Waals surface area contributed by atoms with Gasteiger partial charge in [-0.2, -0.15) is 0 Å². The third-order valence-electron chi connectivity index (χ3n) is 10.9. The first-order chi connectivity index (χ1) is 29.3. The Hall–Kier alpha value is -3.53. The summed E-state index contributed by atoms with van der Waals surface area (Å²) < 4.78 is 11.1. The Labute approximate surface area is 365 Å². The summed E-state index contributed by atoms with van der Waals surface area (Å²) >= 11 is 0. The minimum absolute atomic E-state index is 0.0240. The highest BCUT2D eigenvalue weighted by molar-refractivity contribution is 5.95. The molecule has 60 heavy (non-hydrogen) atoms. The van der Waals surface area contributed by atoms with Crippen molar-refractivity contribution >= 4 is 17.8 Å². The summed E-state index contributed by atoms with van der Waals surface area (Å²) in [6, 6.07) is 2.18. The van der Waals surface area contributed by atoms with Crippen molar-refractivity contribution in [1.29, 1.82) is 0 Å². The molecule has 0 unspecified atom stereocenters. The number of esters is 2. The molecule has 10 heteroatoms. The smallest absolute Gasteiger partial charge is 0.305 e. The summed E-state index contributed by atoms with van der Waals surface area (Å²) in [5.41, 5.74) is 0.0240. The van der Waals surface area contributed by atoms with Gasteiger partial charge in [-0.1, -0.05) is 141 Å². The van der Waals surface area contributed by atoms with Gasteiger partial charge >= 0.3 is 11.9 Å². The summed E-state index contributed by atoms with van der Waals surface area (Å²) in [6.45, 7) is 6.77. The van der Waals surface area contributed by atoms with Crippen molar-refractivity contribution in [2.24, 2.45) is 0 Å². The van der Waals surface area contributed by atoms with E-state index in [4.69, 9.17) is 9.47 Å². The maximum absolute atomic E-state index is 12.5. The number of benzene rings is 1. The Kier molecular flexibility index (Phi) is 36.0. The third-order valence-corrected chi connectivity index (χ3v) is 10.9. The molecule has 0 fully saturated rings. The van der Waals surface area contributed by atoms with Crippen molar-refractivity contribution in [2.75, 3.05) is 39.4 Å². The molecular formula is C50H86N2O8. The Morgan fingerprint density at radius 1 is 0.517 bits per heavy atom. The first kappa shape index (κ1) is 54.5. The average Bonchev–Trinajstić information content (AvgIpc) is 3.23. The third kappa shape index (κ3) is 32.3. The molecule has 0 heterocycles. The van der Waals surface area contributed by atoms with E-state index in [9.17, 15) is 29.7 Å². The first-order valence-corrected chi connectivity index (χ1v) is 24.1. The van der Waals surface area contributed by atoms with Crippen LogP contribution < -0.4 is 5.32 Å². The number of hydrogen-bond acceptors (Lipinski definition) is 9. The molecule has 1 aromatic carbocycles. The van der Waals surface area contributed by atoms with Crippen LogP contribution in [0.2, 0.25) is 0 Å².